The fourth-order valence-electron chi connectivity index (χ4n) is 1.49. The molecule has 0 bridgehead atoms. The fraction of sp³-hybridized carbons (Fsp3) is 0.538. The van der Waals surface area contributed by atoms with Crippen LogP contribution < -0.4 is 5.32 Å². The van der Waals surface area contributed by atoms with Gasteiger partial charge in [-0.25, -0.2) is 0 Å². The molecule has 1 rings (SSSR count). The van der Waals surface area contributed by atoms with Crippen molar-refractivity contribution in [2.45, 2.75) is 33.7 Å². The first-order valence-corrected chi connectivity index (χ1v) is 5.31. The standard InChI is InChI=1S/C13H21N/c1-11(2)14-10-12-7-5-6-8-13(3,4)9-12/h5-9,11,14H,10H2,1-4H3. The minimum Gasteiger partial charge on any atom is -0.310 e. The van der Waals surface area contributed by atoms with Crippen molar-refractivity contribution >= 4 is 0 Å². The monoisotopic (exact) mass is 191 g/mol. The van der Waals surface area contributed by atoms with E-state index in [4.69, 9.17) is 0 Å². The first-order chi connectivity index (χ1) is 6.49. The lowest BCUT2D eigenvalue weighted by atomic mass is 9.91. The van der Waals surface area contributed by atoms with Crippen molar-refractivity contribution in [1.82, 2.24) is 5.32 Å². The molecule has 0 amide bonds. The number of rotatable bonds is 3. The topological polar surface area (TPSA) is 12.0 Å². The zero-order valence-corrected chi connectivity index (χ0v) is 9.67. The SMILES string of the molecule is CC(C)NCC1=CC(C)(C)C=CC=C1. The molecule has 14 heavy (non-hydrogen) atoms. The molecule has 0 atom stereocenters. The van der Waals surface area contributed by atoms with Gasteiger partial charge >= 0.3 is 0 Å². The first-order valence-electron chi connectivity index (χ1n) is 5.31. The van der Waals surface area contributed by atoms with Gasteiger partial charge in [0.15, 0.2) is 0 Å². The molecule has 0 aliphatic heterocycles. The van der Waals surface area contributed by atoms with Crippen LogP contribution in [0.5, 0.6) is 0 Å². The summed E-state index contributed by atoms with van der Waals surface area (Å²) in [6, 6.07) is 0.545. The molecule has 1 aliphatic rings. The third-order valence-corrected chi connectivity index (χ3v) is 2.22. The minimum atomic E-state index is 0.178. The molecule has 0 saturated heterocycles. The second kappa shape index (κ2) is 4.61. The average molecular weight is 191 g/mol. The summed E-state index contributed by atoms with van der Waals surface area (Å²) in [5, 5.41) is 3.43. The highest BCUT2D eigenvalue weighted by atomic mass is 14.9. The Morgan fingerprint density at radius 3 is 2.64 bits per heavy atom. The van der Waals surface area contributed by atoms with Crippen LogP contribution in [0.3, 0.4) is 0 Å². The van der Waals surface area contributed by atoms with E-state index >= 15 is 0 Å². The Labute approximate surface area is 87.6 Å². The Kier molecular flexibility index (Phi) is 3.70. The van der Waals surface area contributed by atoms with Gasteiger partial charge in [-0.1, -0.05) is 58.1 Å². The molecule has 0 saturated carbocycles. The lowest BCUT2D eigenvalue weighted by molar-refractivity contribution is 0.600. The average Bonchev–Trinajstić information content (AvgIpc) is 2.22. The summed E-state index contributed by atoms with van der Waals surface area (Å²) in [4.78, 5) is 0. The predicted molar refractivity (Wildman–Crippen MR) is 63.3 cm³/mol. The van der Waals surface area contributed by atoms with Crippen LogP contribution in [0.2, 0.25) is 0 Å². The van der Waals surface area contributed by atoms with Crippen molar-refractivity contribution in [2.24, 2.45) is 5.41 Å². The van der Waals surface area contributed by atoms with Gasteiger partial charge in [-0.3, -0.25) is 0 Å². The van der Waals surface area contributed by atoms with Gasteiger partial charge in [0.1, 0.15) is 0 Å². The highest BCUT2D eigenvalue weighted by Crippen LogP contribution is 2.23. The molecule has 0 aromatic rings. The molecule has 1 N–H and O–H groups in total. The molecular weight excluding hydrogens is 170 g/mol. The highest BCUT2D eigenvalue weighted by molar-refractivity contribution is 5.31. The van der Waals surface area contributed by atoms with E-state index in [1.165, 1.54) is 5.57 Å². The minimum absolute atomic E-state index is 0.178. The molecule has 0 spiro atoms. The van der Waals surface area contributed by atoms with E-state index in [-0.39, 0.29) is 5.41 Å². The Morgan fingerprint density at radius 1 is 1.29 bits per heavy atom. The molecule has 0 aromatic heterocycles. The number of hydrogen-bond acceptors (Lipinski definition) is 1. The molecule has 1 heteroatoms. The molecule has 1 nitrogen and oxygen atoms in total. The summed E-state index contributed by atoms with van der Waals surface area (Å²) < 4.78 is 0. The summed E-state index contributed by atoms with van der Waals surface area (Å²) in [5.74, 6) is 0. The quantitative estimate of drug-likeness (QED) is 0.723. The summed E-state index contributed by atoms with van der Waals surface area (Å²) in [6.07, 6.45) is 11.0. The molecule has 1 aliphatic carbocycles. The summed E-state index contributed by atoms with van der Waals surface area (Å²) in [7, 11) is 0. The molecular formula is C13H21N. The lowest BCUT2D eigenvalue weighted by Gasteiger charge is -2.16. The maximum atomic E-state index is 3.43. The van der Waals surface area contributed by atoms with Crippen LogP contribution in [0.4, 0.5) is 0 Å². The van der Waals surface area contributed by atoms with E-state index in [9.17, 15) is 0 Å². The van der Waals surface area contributed by atoms with Crippen LogP contribution in [0.1, 0.15) is 27.7 Å². The normalized spacial score (nSPS) is 19.6. The van der Waals surface area contributed by atoms with Crippen molar-refractivity contribution in [3.05, 3.63) is 36.0 Å². The van der Waals surface area contributed by atoms with Crippen LogP contribution in [0.15, 0.2) is 36.0 Å². The summed E-state index contributed by atoms with van der Waals surface area (Å²) in [6.45, 7) is 9.76. The maximum absolute atomic E-state index is 3.43. The van der Waals surface area contributed by atoms with E-state index in [0.717, 1.165) is 6.54 Å². The van der Waals surface area contributed by atoms with Crippen molar-refractivity contribution in [2.75, 3.05) is 6.54 Å². The van der Waals surface area contributed by atoms with Gasteiger partial charge in [-0.15, -0.1) is 0 Å². The van der Waals surface area contributed by atoms with Crippen LogP contribution in [-0.2, 0) is 0 Å². The highest BCUT2D eigenvalue weighted by Gasteiger charge is 2.12. The Hall–Kier alpha value is -0.820. The lowest BCUT2D eigenvalue weighted by Crippen LogP contribution is -2.25. The van der Waals surface area contributed by atoms with Crippen molar-refractivity contribution in [3.63, 3.8) is 0 Å². The van der Waals surface area contributed by atoms with E-state index in [2.05, 4.69) is 63.4 Å². The predicted octanol–water partition coefficient (Wildman–Crippen LogP) is 3.06. The van der Waals surface area contributed by atoms with E-state index in [1.54, 1.807) is 0 Å². The zero-order valence-electron chi connectivity index (χ0n) is 9.67. The molecule has 78 valence electrons. The third kappa shape index (κ3) is 3.93. The smallest absolute Gasteiger partial charge is 0.0205 e. The van der Waals surface area contributed by atoms with Crippen molar-refractivity contribution < 1.29 is 0 Å². The van der Waals surface area contributed by atoms with Crippen molar-refractivity contribution in [3.8, 4) is 0 Å². The van der Waals surface area contributed by atoms with Crippen molar-refractivity contribution in [1.29, 1.82) is 0 Å². The largest absolute Gasteiger partial charge is 0.310 e. The van der Waals surface area contributed by atoms with Gasteiger partial charge in [0.05, 0.1) is 0 Å². The van der Waals surface area contributed by atoms with Gasteiger partial charge in [-0.05, 0) is 5.57 Å². The summed E-state index contributed by atoms with van der Waals surface area (Å²) >= 11 is 0. The maximum Gasteiger partial charge on any atom is 0.0205 e. The van der Waals surface area contributed by atoms with Crippen LogP contribution in [0, 0.1) is 5.41 Å². The van der Waals surface area contributed by atoms with E-state index in [1.807, 2.05) is 0 Å². The number of allylic oxidation sites excluding steroid dienone is 4. The number of nitrogens with one attached hydrogen (secondary N) is 1. The van der Waals surface area contributed by atoms with E-state index in [0.29, 0.717) is 6.04 Å². The molecule has 0 radical (unpaired) electrons. The summed E-state index contributed by atoms with van der Waals surface area (Å²) in [5.41, 5.74) is 1.55. The second-order valence-corrected chi connectivity index (χ2v) is 4.79. The van der Waals surface area contributed by atoms with Crippen LogP contribution in [-0.4, -0.2) is 12.6 Å². The zero-order chi connectivity index (χ0) is 10.6. The third-order valence-electron chi connectivity index (χ3n) is 2.22. The number of hydrogen-bond donors (Lipinski definition) is 1. The van der Waals surface area contributed by atoms with Gasteiger partial charge in [0, 0.05) is 18.0 Å². The van der Waals surface area contributed by atoms with Crippen LogP contribution >= 0.6 is 0 Å². The molecule has 0 unspecified atom stereocenters. The fourth-order valence-corrected chi connectivity index (χ4v) is 1.49. The van der Waals surface area contributed by atoms with Gasteiger partial charge in [0.25, 0.3) is 0 Å². The van der Waals surface area contributed by atoms with Gasteiger partial charge in [0.2, 0.25) is 0 Å². The molecule has 0 aromatic carbocycles. The van der Waals surface area contributed by atoms with Crippen LogP contribution in [0.25, 0.3) is 0 Å². The Morgan fingerprint density at radius 2 is 2.00 bits per heavy atom. The van der Waals surface area contributed by atoms with E-state index < -0.39 is 0 Å². The molecule has 0 heterocycles. The van der Waals surface area contributed by atoms with Gasteiger partial charge < -0.3 is 5.32 Å². The first kappa shape index (κ1) is 11.3. The van der Waals surface area contributed by atoms with Gasteiger partial charge in [-0.2, -0.15) is 0 Å². The Balaban J connectivity index is 2.64. The molecule has 0 fully saturated rings. The second-order valence-electron chi connectivity index (χ2n) is 4.79. The Bertz CT molecular complexity index is 267.